The van der Waals surface area contributed by atoms with Crippen molar-refractivity contribution in [2.45, 2.75) is 58.7 Å². The van der Waals surface area contributed by atoms with Gasteiger partial charge in [0.05, 0.1) is 12.7 Å². The SMILES string of the molecule is CC(C)OCCN1C(=O)C(C)(C)NC(=O)C1(C)C. The summed E-state index contributed by atoms with van der Waals surface area (Å²) in [6.07, 6.45) is 0.120. The van der Waals surface area contributed by atoms with E-state index in [0.717, 1.165) is 0 Å². The molecule has 104 valence electrons. The Morgan fingerprint density at radius 3 is 2.28 bits per heavy atom. The van der Waals surface area contributed by atoms with Gasteiger partial charge in [-0.05, 0) is 41.5 Å². The predicted octanol–water partition coefficient (Wildman–Crippen LogP) is 0.927. The highest BCUT2D eigenvalue weighted by molar-refractivity contribution is 6.01. The molecular weight excluding hydrogens is 232 g/mol. The van der Waals surface area contributed by atoms with Gasteiger partial charge >= 0.3 is 0 Å². The Hall–Kier alpha value is -1.10. The number of hydrogen-bond donors (Lipinski definition) is 1. The maximum absolute atomic E-state index is 12.3. The zero-order valence-corrected chi connectivity index (χ0v) is 12.2. The van der Waals surface area contributed by atoms with Crippen LogP contribution < -0.4 is 5.32 Å². The highest BCUT2D eigenvalue weighted by Gasteiger charge is 2.49. The first-order valence-corrected chi connectivity index (χ1v) is 6.35. The molecule has 1 fully saturated rings. The summed E-state index contributed by atoms with van der Waals surface area (Å²) < 4.78 is 5.46. The highest BCUT2D eigenvalue weighted by atomic mass is 16.5. The topological polar surface area (TPSA) is 58.6 Å². The molecule has 0 atom stereocenters. The van der Waals surface area contributed by atoms with E-state index in [0.29, 0.717) is 13.2 Å². The van der Waals surface area contributed by atoms with Crippen molar-refractivity contribution in [1.82, 2.24) is 10.2 Å². The van der Waals surface area contributed by atoms with Crippen LogP contribution in [0.1, 0.15) is 41.5 Å². The zero-order chi connectivity index (χ0) is 14.1. The molecule has 1 saturated heterocycles. The number of piperazine rings is 1. The molecule has 0 saturated carbocycles. The standard InChI is InChI=1S/C13H24N2O3/c1-9(2)18-8-7-15-11(17)12(3,4)14-10(16)13(15,5)6/h9H,7-8H2,1-6H3,(H,14,16). The Morgan fingerprint density at radius 1 is 1.22 bits per heavy atom. The summed E-state index contributed by atoms with van der Waals surface area (Å²) in [6, 6.07) is 0. The van der Waals surface area contributed by atoms with E-state index in [-0.39, 0.29) is 17.9 Å². The van der Waals surface area contributed by atoms with Crippen LogP contribution in [-0.4, -0.2) is 47.0 Å². The van der Waals surface area contributed by atoms with Crippen LogP contribution in [0.15, 0.2) is 0 Å². The van der Waals surface area contributed by atoms with Crippen molar-refractivity contribution < 1.29 is 14.3 Å². The van der Waals surface area contributed by atoms with Gasteiger partial charge < -0.3 is 15.0 Å². The third-order valence-electron chi connectivity index (χ3n) is 3.20. The van der Waals surface area contributed by atoms with Gasteiger partial charge in [0.2, 0.25) is 11.8 Å². The van der Waals surface area contributed by atoms with E-state index in [1.54, 1.807) is 32.6 Å². The molecule has 0 aliphatic carbocycles. The summed E-state index contributed by atoms with van der Waals surface area (Å²) >= 11 is 0. The minimum atomic E-state index is -0.843. The van der Waals surface area contributed by atoms with Crippen LogP contribution in [0, 0.1) is 0 Å². The number of rotatable bonds is 4. The van der Waals surface area contributed by atoms with Gasteiger partial charge in [-0.3, -0.25) is 9.59 Å². The van der Waals surface area contributed by atoms with Crippen LogP contribution in [0.5, 0.6) is 0 Å². The van der Waals surface area contributed by atoms with Crippen molar-refractivity contribution in [3.05, 3.63) is 0 Å². The minimum Gasteiger partial charge on any atom is -0.377 e. The first-order valence-electron chi connectivity index (χ1n) is 6.35. The normalized spacial score (nSPS) is 22.3. The summed E-state index contributed by atoms with van der Waals surface area (Å²) in [7, 11) is 0. The Morgan fingerprint density at radius 2 is 1.78 bits per heavy atom. The predicted molar refractivity (Wildman–Crippen MR) is 69.1 cm³/mol. The van der Waals surface area contributed by atoms with Crippen LogP contribution in [-0.2, 0) is 14.3 Å². The van der Waals surface area contributed by atoms with Crippen LogP contribution in [0.25, 0.3) is 0 Å². The number of amides is 2. The van der Waals surface area contributed by atoms with Crippen LogP contribution in [0.2, 0.25) is 0 Å². The summed E-state index contributed by atoms with van der Waals surface area (Å²) in [4.78, 5) is 26.0. The summed E-state index contributed by atoms with van der Waals surface area (Å²) in [5.41, 5.74) is -1.67. The zero-order valence-electron chi connectivity index (χ0n) is 12.2. The Kier molecular flexibility index (Phi) is 4.05. The lowest BCUT2D eigenvalue weighted by Gasteiger charge is -2.47. The second-order valence-corrected chi connectivity index (χ2v) is 6.01. The van der Waals surface area contributed by atoms with Crippen molar-refractivity contribution in [1.29, 1.82) is 0 Å². The van der Waals surface area contributed by atoms with Gasteiger partial charge in [0, 0.05) is 6.54 Å². The van der Waals surface area contributed by atoms with E-state index in [9.17, 15) is 9.59 Å². The molecule has 1 heterocycles. The van der Waals surface area contributed by atoms with Gasteiger partial charge in [-0.25, -0.2) is 0 Å². The minimum absolute atomic E-state index is 0.0699. The van der Waals surface area contributed by atoms with E-state index in [1.165, 1.54) is 0 Å². The van der Waals surface area contributed by atoms with Gasteiger partial charge in [-0.2, -0.15) is 0 Å². The monoisotopic (exact) mass is 256 g/mol. The van der Waals surface area contributed by atoms with Gasteiger partial charge in [0.25, 0.3) is 0 Å². The lowest BCUT2D eigenvalue weighted by Crippen LogP contribution is -2.72. The van der Waals surface area contributed by atoms with Gasteiger partial charge in [0.1, 0.15) is 11.1 Å². The Labute approximate surface area is 109 Å². The number of nitrogens with one attached hydrogen (secondary N) is 1. The molecule has 0 aromatic heterocycles. The number of carbonyl (C=O) groups excluding carboxylic acids is 2. The molecule has 0 spiro atoms. The maximum Gasteiger partial charge on any atom is 0.248 e. The molecule has 0 bridgehead atoms. The maximum atomic E-state index is 12.3. The number of hydrogen-bond acceptors (Lipinski definition) is 3. The first-order chi connectivity index (χ1) is 8.09. The third kappa shape index (κ3) is 2.83. The number of nitrogens with zero attached hydrogens (tertiary/aromatic N) is 1. The molecule has 0 unspecified atom stereocenters. The van der Waals surface area contributed by atoms with Crippen molar-refractivity contribution >= 4 is 11.8 Å². The third-order valence-corrected chi connectivity index (χ3v) is 3.20. The van der Waals surface area contributed by atoms with Gasteiger partial charge in [-0.15, -0.1) is 0 Å². The highest BCUT2D eigenvalue weighted by Crippen LogP contribution is 2.25. The average Bonchev–Trinajstić information content (AvgIpc) is 2.20. The second-order valence-electron chi connectivity index (χ2n) is 6.01. The molecule has 1 N–H and O–H groups in total. The summed E-state index contributed by atoms with van der Waals surface area (Å²) in [5, 5.41) is 2.75. The van der Waals surface area contributed by atoms with Gasteiger partial charge in [-0.1, -0.05) is 0 Å². The Balaban J connectivity index is 2.82. The second kappa shape index (κ2) is 4.88. The molecule has 1 aliphatic heterocycles. The summed E-state index contributed by atoms with van der Waals surface area (Å²) in [6.45, 7) is 11.7. The lowest BCUT2D eigenvalue weighted by atomic mass is 9.90. The van der Waals surface area contributed by atoms with Gasteiger partial charge in [0.15, 0.2) is 0 Å². The molecule has 1 aliphatic rings. The Bertz CT molecular complexity index is 348. The van der Waals surface area contributed by atoms with Crippen LogP contribution in [0.4, 0.5) is 0 Å². The van der Waals surface area contributed by atoms with E-state index >= 15 is 0 Å². The first kappa shape index (κ1) is 15.0. The van der Waals surface area contributed by atoms with E-state index in [1.807, 2.05) is 13.8 Å². The van der Waals surface area contributed by atoms with Crippen molar-refractivity contribution in [2.75, 3.05) is 13.2 Å². The number of ether oxygens (including phenoxy) is 1. The molecular formula is C13H24N2O3. The number of carbonyl (C=O) groups is 2. The smallest absolute Gasteiger partial charge is 0.248 e. The molecule has 5 heteroatoms. The lowest BCUT2D eigenvalue weighted by molar-refractivity contribution is -0.160. The fraction of sp³-hybridized carbons (Fsp3) is 0.846. The quantitative estimate of drug-likeness (QED) is 0.814. The van der Waals surface area contributed by atoms with Crippen molar-refractivity contribution in [3.63, 3.8) is 0 Å². The van der Waals surface area contributed by atoms with Crippen LogP contribution >= 0.6 is 0 Å². The van der Waals surface area contributed by atoms with E-state index in [4.69, 9.17) is 4.74 Å². The van der Waals surface area contributed by atoms with Crippen LogP contribution in [0.3, 0.4) is 0 Å². The molecule has 5 nitrogen and oxygen atoms in total. The molecule has 0 aromatic rings. The molecule has 0 aromatic carbocycles. The average molecular weight is 256 g/mol. The fourth-order valence-electron chi connectivity index (χ4n) is 1.96. The van der Waals surface area contributed by atoms with Crippen molar-refractivity contribution in [3.8, 4) is 0 Å². The summed E-state index contributed by atoms with van der Waals surface area (Å²) in [5.74, 6) is -0.198. The molecule has 1 rings (SSSR count). The van der Waals surface area contributed by atoms with Crippen molar-refractivity contribution in [2.24, 2.45) is 0 Å². The molecule has 0 radical (unpaired) electrons. The van der Waals surface area contributed by atoms with E-state index in [2.05, 4.69) is 5.32 Å². The van der Waals surface area contributed by atoms with E-state index < -0.39 is 11.1 Å². The largest absolute Gasteiger partial charge is 0.377 e. The molecule has 2 amide bonds. The fourth-order valence-corrected chi connectivity index (χ4v) is 1.96. The molecule has 18 heavy (non-hydrogen) atoms.